The molecular weight excluding hydrogens is 232 g/mol. The quantitative estimate of drug-likeness (QED) is 0.881. The minimum atomic E-state index is -0.898. The summed E-state index contributed by atoms with van der Waals surface area (Å²) in [7, 11) is 0. The lowest BCUT2D eigenvalue weighted by atomic mass is 9.87. The first-order chi connectivity index (χ1) is 8.59. The van der Waals surface area contributed by atoms with Gasteiger partial charge >= 0.3 is 5.97 Å². The Morgan fingerprint density at radius 2 is 1.78 bits per heavy atom. The number of carboxylic acids is 1. The largest absolute Gasteiger partial charge is 0.481 e. The molecule has 0 radical (unpaired) electrons. The molecule has 2 rings (SSSR count). The Kier molecular flexibility index (Phi) is 3.37. The molecule has 1 aliphatic rings. The zero-order valence-corrected chi connectivity index (χ0v) is 9.68. The van der Waals surface area contributed by atoms with Crippen molar-refractivity contribution in [1.29, 1.82) is 0 Å². The van der Waals surface area contributed by atoms with Gasteiger partial charge < -0.3 is 5.11 Å². The van der Waals surface area contributed by atoms with Gasteiger partial charge in [0.15, 0.2) is 11.6 Å². The zero-order valence-electron chi connectivity index (χ0n) is 9.68. The fourth-order valence-corrected chi connectivity index (χ4v) is 1.99. The first kappa shape index (κ1) is 12.2. The minimum absolute atomic E-state index is 0.000454. The van der Waals surface area contributed by atoms with Gasteiger partial charge in [0.25, 0.3) is 0 Å². The van der Waals surface area contributed by atoms with E-state index in [1.54, 1.807) is 24.3 Å². The topological polar surface area (TPSA) is 71.4 Å². The molecule has 0 bridgehead atoms. The Labute approximate surface area is 104 Å². The molecule has 18 heavy (non-hydrogen) atoms. The van der Waals surface area contributed by atoms with Crippen LogP contribution in [0.3, 0.4) is 0 Å². The van der Waals surface area contributed by atoms with Crippen molar-refractivity contribution in [2.24, 2.45) is 0 Å². The van der Waals surface area contributed by atoms with E-state index in [1.165, 1.54) is 6.08 Å². The van der Waals surface area contributed by atoms with Crippen LogP contribution < -0.4 is 0 Å². The number of aliphatic carboxylic acids is 1. The molecule has 1 N–H and O–H groups in total. The van der Waals surface area contributed by atoms with E-state index >= 15 is 0 Å². The maximum atomic E-state index is 12.1. The van der Waals surface area contributed by atoms with Crippen LogP contribution in [0, 0.1) is 0 Å². The number of carbonyl (C=O) groups excluding carboxylic acids is 2. The third-order valence-corrected chi connectivity index (χ3v) is 2.87. The Morgan fingerprint density at radius 1 is 1.11 bits per heavy atom. The summed E-state index contributed by atoms with van der Waals surface area (Å²) in [5.74, 6) is -1.25. The monoisotopic (exact) mass is 244 g/mol. The molecule has 0 aliphatic heterocycles. The summed E-state index contributed by atoms with van der Waals surface area (Å²) in [4.78, 5) is 34.3. The standard InChI is InChI=1S/C14H12O4/c15-12-8-9(4-3-7-13(16)17)14(18)11-6-2-1-5-10(11)12/h1-2,5-6,8H,3-4,7H2,(H,16,17). The number of allylic oxidation sites excluding steroid dienone is 2. The lowest BCUT2D eigenvalue weighted by Gasteiger charge is -2.14. The van der Waals surface area contributed by atoms with E-state index < -0.39 is 5.97 Å². The number of hydrogen-bond acceptors (Lipinski definition) is 3. The van der Waals surface area contributed by atoms with Crippen molar-refractivity contribution in [3.63, 3.8) is 0 Å². The van der Waals surface area contributed by atoms with Crippen LogP contribution >= 0.6 is 0 Å². The number of carboxylic acid groups (broad SMARTS) is 1. The normalized spacial score (nSPS) is 14.1. The van der Waals surface area contributed by atoms with Crippen LogP contribution in [0.4, 0.5) is 0 Å². The summed E-state index contributed by atoms with van der Waals surface area (Å²) in [5.41, 5.74) is 1.24. The molecule has 0 unspecified atom stereocenters. The molecule has 1 aliphatic carbocycles. The fourth-order valence-electron chi connectivity index (χ4n) is 1.99. The number of carbonyl (C=O) groups is 3. The summed E-state index contributed by atoms with van der Waals surface area (Å²) in [6.45, 7) is 0. The predicted molar refractivity (Wildman–Crippen MR) is 64.7 cm³/mol. The van der Waals surface area contributed by atoms with Gasteiger partial charge in [-0.25, -0.2) is 0 Å². The van der Waals surface area contributed by atoms with Gasteiger partial charge in [-0.1, -0.05) is 24.3 Å². The van der Waals surface area contributed by atoms with Crippen LogP contribution in [-0.2, 0) is 4.79 Å². The number of benzene rings is 1. The molecule has 0 atom stereocenters. The van der Waals surface area contributed by atoms with Crippen molar-refractivity contribution in [2.75, 3.05) is 0 Å². The Hall–Kier alpha value is -2.23. The van der Waals surface area contributed by atoms with E-state index in [0.717, 1.165) is 0 Å². The second-order valence-corrected chi connectivity index (χ2v) is 4.16. The average Bonchev–Trinajstić information content (AvgIpc) is 2.35. The molecule has 0 aromatic heterocycles. The van der Waals surface area contributed by atoms with Crippen LogP contribution in [0.1, 0.15) is 40.0 Å². The lowest BCUT2D eigenvalue weighted by molar-refractivity contribution is -0.137. The van der Waals surface area contributed by atoms with Crippen LogP contribution in [0.25, 0.3) is 0 Å². The highest BCUT2D eigenvalue weighted by Gasteiger charge is 2.24. The van der Waals surface area contributed by atoms with E-state index in [1.807, 2.05) is 0 Å². The molecule has 92 valence electrons. The molecule has 0 spiro atoms. The maximum Gasteiger partial charge on any atom is 0.303 e. The molecule has 0 fully saturated rings. The highest BCUT2D eigenvalue weighted by atomic mass is 16.4. The summed E-state index contributed by atoms with van der Waals surface area (Å²) in [5, 5.41) is 8.55. The first-order valence-corrected chi connectivity index (χ1v) is 5.70. The highest BCUT2D eigenvalue weighted by Crippen LogP contribution is 2.23. The third kappa shape index (κ3) is 2.37. The van der Waals surface area contributed by atoms with E-state index in [0.29, 0.717) is 29.5 Å². The van der Waals surface area contributed by atoms with Crippen molar-refractivity contribution >= 4 is 17.5 Å². The average molecular weight is 244 g/mol. The minimum Gasteiger partial charge on any atom is -0.481 e. The van der Waals surface area contributed by atoms with Gasteiger partial charge in [-0.3, -0.25) is 14.4 Å². The number of hydrogen-bond donors (Lipinski definition) is 1. The zero-order chi connectivity index (χ0) is 13.1. The van der Waals surface area contributed by atoms with E-state index in [4.69, 9.17) is 5.11 Å². The SMILES string of the molecule is O=C(O)CCCC1=CC(=O)c2ccccc2C1=O. The van der Waals surface area contributed by atoms with Crippen molar-refractivity contribution in [1.82, 2.24) is 0 Å². The highest BCUT2D eigenvalue weighted by molar-refractivity contribution is 6.24. The van der Waals surface area contributed by atoms with E-state index in [-0.39, 0.29) is 18.0 Å². The van der Waals surface area contributed by atoms with Crippen molar-refractivity contribution < 1.29 is 19.5 Å². The molecular formula is C14H12O4. The van der Waals surface area contributed by atoms with Gasteiger partial charge in [-0.15, -0.1) is 0 Å². The van der Waals surface area contributed by atoms with Gasteiger partial charge in [-0.05, 0) is 18.9 Å². The number of rotatable bonds is 4. The van der Waals surface area contributed by atoms with Crippen LogP contribution in [-0.4, -0.2) is 22.6 Å². The molecule has 4 nitrogen and oxygen atoms in total. The van der Waals surface area contributed by atoms with Crippen LogP contribution in [0.5, 0.6) is 0 Å². The van der Waals surface area contributed by atoms with E-state index in [9.17, 15) is 14.4 Å². The smallest absolute Gasteiger partial charge is 0.303 e. The number of fused-ring (bicyclic) bond motifs is 1. The second-order valence-electron chi connectivity index (χ2n) is 4.16. The van der Waals surface area contributed by atoms with Crippen molar-refractivity contribution in [3.05, 3.63) is 47.0 Å². The summed E-state index contributed by atoms with van der Waals surface area (Å²) < 4.78 is 0. The van der Waals surface area contributed by atoms with Gasteiger partial charge in [0.1, 0.15) is 0 Å². The molecule has 4 heteroatoms. The van der Waals surface area contributed by atoms with Crippen LogP contribution in [0.15, 0.2) is 35.9 Å². The van der Waals surface area contributed by atoms with Crippen molar-refractivity contribution in [3.8, 4) is 0 Å². The van der Waals surface area contributed by atoms with Crippen LogP contribution in [0.2, 0.25) is 0 Å². The van der Waals surface area contributed by atoms with E-state index in [2.05, 4.69) is 0 Å². The van der Waals surface area contributed by atoms with Gasteiger partial charge in [0, 0.05) is 23.1 Å². The van der Waals surface area contributed by atoms with Crippen molar-refractivity contribution in [2.45, 2.75) is 19.3 Å². The molecule has 0 heterocycles. The lowest BCUT2D eigenvalue weighted by Crippen LogP contribution is -2.17. The predicted octanol–water partition coefficient (Wildman–Crippen LogP) is 2.25. The van der Waals surface area contributed by atoms with Gasteiger partial charge in [0.2, 0.25) is 0 Å². The summed E-state index contributed by atoms with van der Waals surface area (Å²) >= 11 is 0. The summed E-state index contributed by atoms with van der Waals surface area (Å²) in [6.07, 6.45) is 2.01. The Morgan fingerprint density at radius 3 is 2.44 bits per heavy atom. The number of ketones is 2. The molecule has 0 saturated carbocycles. The first-order valence-electron chi connectivity index (χ1n) is 5.70. The third-order valence-electron chi connectivity index (χ3n) is 2.87. The molecule has 0 amide bonds. The van der Waals surface area contributed by atoms with Gasteiger partial charge in [-0.2, -0.15) is 0 Å². The maximum absolute atomic E-state index is 12.1. The summed E-state index contributed by atoms with van der Waals surface area (Å²) in [6, 6.07) is 6.68. The second kappa shape index (κ2) is 4.96. The Bertz CT molecular complexity index is 555. The molecule has 1 aromatic carbocycles. The number of Topliss-reactive ketones (excluding diaryl/α,β-unsaturated/α-hetero) is 1. The van der Waals surface area contributed by atoms with Gasteiger partial charge in [0.05, 0.1) is 0 Å². The fraction of sp³-hybridized carbons (Fsp3) is 0.214. The molecule has 1 aromatic rings. The Balaban J connectivity index is 2.18. The molecule has 0 saturated heterocycles.